The summed E-state index contributed by atoms with van der Waals surface area (Å²) in [5.74, 6) is -1.53. The molecule has 12 heteroatoms. The fourth-order valence-electron chi connectivity index (χ4n) is 3.50. The van der Waals surface area contributed by atoms with E-state index < -0.39 is 51.2 Å². The highest BCUT2D eigenvalue weighted by molar-refractivity contribution is 7.89. The lowest BCUT2D eigenvalue weighted by Gasteiger charge is -2.34. The number of amides is 1. The molecule has 0 N–H and O–H groups in total. The van der Waals surface area contributed by atoms with Gasteiger partial charge in [-0.3, -0.25) is 4.79 Å². The number of nitrogens with zero attached hydrogens (tertiary/aromatic N) is 2. The number of piperidine rings is 1. The molecular weight excluding hydrogens is 450 g/mol. The first-order valence-corrected chi connectivity index (χ1v) is 11.2. The molecule has 5 nitrogen and oxygen atoms in total. The molecule has 1 fully saturated rings. The number of carbonyl (C=O) groups is 1. The van der Waals surface area contributed by atoms with E-state index in [9.17, 15) is 39.6 Å². The number of alkyl halides is 6. The minimum absolute atomic E-state index is 0.0628. The van der Waals surface area contributed by atoms with Gasteiger partial charge in [0.05, 0.1) is 10.5 Å². The van der Waals surface area contributed by atoms with E-state index in [0.29, 0.717) is 18.9 Å². The fourth-order valence-corrected chi connectivity index (χ4v) is 5.18. The van der Waals surface area contributed by atoms with Crippen LogP contribution in [0.15, 0.2) is 29.2 Å². The molecule has 1 amide bonds. The van der Waals surface area contributed by atoms with E-state index in [0.717, 1.165) is 21.3 Å². The lowest BCUT2D eigenvalue weighted by Crippen LogP contribution is -2.47. The molecule has 1 aromatic carbocycles. The summed E-state index contributed by atoms with van der Waals surface area (Å²) in [5.41, 5.74) is -1.29. The predicted molar refractivity (Wildman–Crippen MR) is 100 cm³/mol. The van der Waals surface area contributed by atoms with Crippen LogP contribution in [-0.2, 0) is 21.0 Å². The zero-order chi connectivity index (χ0) is 23.4. The van der Waals surface area contributed by atoms with E-state index in [4.69, 9.17) is 0 Å². The van der Waals surface area contributed by atoms with Gasteiger partial charge in [-0.1, -0.05) is 25.5 Å². The van der Waals surface area contributed by atoms with Crippen molar-refractivity contribution in [1.82, 2.24) is 9.21 Å². The molecule has 2 rings (SSSR count). The lowest BCUT2D eigenvalue weighted by atomic mass is 9.96. The number of rotatable bonds is 7. The lowest BCUT2D eigenvalue weighted by molar-refractivity contribution is -0.164. The Bertz CT molecular complexity index is 862. The van der Waals surface area contributed by atoms with Crippen molar-refractivity contribution in [3.05, 3.63) is 29.8 Å². The Balaban J connectivity index is 2.14. The van der Waals surface area contributed by atoms with Crippen LogP contribution in [0.1, 0.15) is 38.2 Å². The van der Waals surface area contributed by atoms with Gasteiger partial charge in [-0.2, -0.15) is 30.6 Å². The summed E-state index contributed by atoms with van der Waals surface area (Å²) in [7, 11) is -4.48. The van der Waals surface area contributed by atoms with Crippen LogP contribution in [0.3, 0.4) is 0 Å². The molecule has 31 heavy (non-hydrogen) atoms. The average molecular weight is 474 g/mol. The van der Waals surface area contributed by atoms with Crippen LogP contribution in [0.5, 0.6) is 0 Å². The first kappa shape index (κ1) is 25.4. The normalized spacial score (nSPS) is 17.0. The Morgan fingerprint density at radius 1 is 1.10 bits per heavy atom. The van der Waals surface area contributed by atoms with Gasteiger partial charge < -0.3 is 4.90 Å². The van der Waals surface area contributed by atoms with Gasteiger partial charge in [0, 0.05) is 25.6 Å². The van der Waals surface area contributed by atoms with Crippen molar-refractivity contribution >= 4 is 15.9 Å². The van der Waals surface area contributed by atoms with E-state index in [-0.39, 0.29) is 32.5 Å². The van der Waals surface area contributed by atoms with Crippen LogP contribution in [0.2, 0.25) is 0 Å². The maximum atomic E-state index is 13.2. The molecule has 0 aromatic heterocycles. The summed E-state index contributed by atoms with van der Waals surface area (Å²) in [6.07, 6.45) is -8.57. The maximum absolute atomic E-state index is 13.2. The van der Waals surface area contributed by atoms with Crippen molar-refractivity contribution in [3.8, 4) is 0 Å². The molecule has 1 aliphatic heterocycles. The summed E-state index contributed by atoms with van der Waals surface area (Å²) < 4.78 is 105. The van der Waals surface area contributed by atoms with Crippen LogP contribution in [0, 0.1) is 5.92 Å². The standard InChI is InChI=1S/C19H24F6N2O3S/c1-2-3-10-26(13-18(20,21)22)17(28)14-8-11-27(12-9-14)31(29,30)16-7-5-4-6-15(16)19(23,24)25/h4-7,14H,2-3,8-13H2,1H3. The number of benzene rings is 1. The molecule has 0 bridgehead atoms. The van der Waals surface area contributed by atoms with Crippen LogP contribution < -0.4 is 0 Å². The second-order valence-corrected chi connectivity index (χ2v) is 9.31. The van der Waals surface area contributed by atoms with Crippen molar-refractivity contribution in [2.75, 3.05) is 26.2 Å². The van der Waals surface area contributed by atoms with E-state index in [1.54, 1.807) is 6.92 Å². The summed E-state index contributed by atoms with van der Waals surface area (Å²) in [5, 5.41) is 0. The van der Waals surface area contributed by atoms with E-state index in [1.165, 1.54) is 6.07 Å². The molecule has 0 saturated carbocycles. The smallest absolute Gasteiger partial charge is 0.333 e. The maximum Gasteiger partial charge on any atom is 0.417 e. The molecular formula is C19H24F6N2O3S. The molecule has 0 spiro atoms. The molecule has 1 saturated heterocycles. The zero-order valence-electron chi connectivity index (χ0n) is 16.8. The summed E-state index contributed by atoms with van der Waals surface area (Å²) in [6.45, 7) is -0.175. The predicted octanol–water partition coefficient (Wildman–Crippen LogP) is 4.30. The van der Waals surface area contributed by atoms with Gasteiger partial charge in [-0.15, -0.1) is 0 Å². The molecule has 176 valence electrons. The SMILES string of the molecule is CCCCN(CC(F)(F)F)C(=O)C1CCN(S(=O)(=O)c2ccccc2C(F)(F)F)CC1. The van der Waals surface area contributed by atoms with Gasteiger partial charge in [0.1, 0.15) is 6.54 Å². The number of unbranched alkanes of at least 4 members (excludes halogenated alkanes) is 1. The largest absolute Gasteiger partial charge is 0.417 e. The Kier molecular flexibility index (Phi) is 8.01. The Morgan fingerprint density at radius 3 is 2.19 bits per heavy atom. The van der Waals surface area contributed by atoms with Gasteiger partial charge in [-0.05, 0) is 31.4 Å². The third-order valence-corrected chi connectivity index (χ3v) is 7.03. The first-order valence-electron chi connectivity index (χ1n) is 9.79. The second-order valence-electron chi connectivity index (χ2n) is 7.40. The van der Waals surface area contributed by atoms with Crippen LogP contribution in [-0.4, -0.2) is 55.9 Å². The van der Waals surface area contributed by atoms with Gasteiger partial charge in [0.15, 0.2) is 0 Å². The average Bonchev–Trinajstić information content (AvgIpc) is 2.69. The number of carbonyl (C=O) groups excluding carboxylic acids is 1. The highest BCUT2D eigenvalue weighted by Crippen LogP contribution is 2.36. The van der Waals surface area contributed by atoms with Crippen molar-refractivity contribution in [2.24, 2.45) is 5.92 Å². The van der Waals surface area contributed by atoms with Crippen molar-refractivity contribution < 1.29 is 39.6 Å². The van der Waals surface area contributed by atoms with Gasteiger partial charge >= 0.3 is 12.4 Å². The highest BCUT2D eigenvalue weighted by atomic mass is 32.2. The molecule has 0 unspecified atom stereocenters. The third kappa shape index (κ3) is 6.58. The van der Waals surface area contributed by atoms with Crippen molar-refractivity contribution in [1.29, 1.82) is 0 Å². The van der Waals surface area contributed by atoms with E-state index in [1.807, 2.05) is 0 Å². The summed E-state index contributed by atoms with van der Waals surface area (Å²) >= 11 is 0. The van der Waals surface area contributed by atoms with Gasteiger partial charge in [0.2, 0.25) is 15.9 Å². The van der Waals surface area contributed by atoms with Crippen molar-refractivity contribution in [3.63, 3.8) is 0 Å². The molecule has 0 aliphatic carbocycles. The monoisotopic (exact) mass is 474 g/mol. The topological polar surface area (TPSA) is 57.7 Å². The quantitative estimate of drug-likeness (QED) is 0.554. The van der Waals surface area contributed by atoms with E-state index in [2.05, 4.69) is 0 Å². The Hall–Kier alpha value is -1.82. The van der Waals surface area contributed by atoms with E-state index >= 15 is 0 Å². The number of halogens is 6. The highest BCUT2D eigenvalue weighted by Gasteiger charge is 2.41. The number of hydrogen-bond acceptors (Lipinski definition) is 3. The molecule has 0 radical (unpaired) electrons. The zero-order valence-corrected chi connectivity index (χ0v) is 17.7. The number of sulfonamides is 1. The minimum atomic E-state index is -4.87. The van der Waals surface area contributed by atoms with Crippen LogP contribution in [0.4, 0.5) is 26.3 Å². The Labute approximate surface area is 177 Å². The minimum Gasteiger partial charge on any atom is -0.333 e. The second kappa shape index (κ2) is 9.76. The summed E-state index contributed by atoms with van der Waals surface area (Å²) in [6, 6.07) is 3.80. The van der Waals surface area contributed by atoms with Gasteiger partial charge in [-0.25, -0.2) is 8.42 Å². The molecule has 1 heterocycles. The fraction of sp³-hybridized carbons (Fsp3) is 0.632. The molecule has 0 atom stereocenters. The third-order valence-electron chi connectivity index (χ3n) is 5.08. The summed E-state index contributed by atoms with van der Waals surface area (Å²) in [4.78, 5) is 12.5. The number of hydrogen-bond donors (Lipinski definition) is 0. The molecule has 1 aliphatic rings. The first-order chi connectivity index (χ1) is 14.3. The molecule has 1 aromatic rings. The van der Waals surface area contributed by atoms with Crippen LogP contribution >= 0.6 is 0 Å². The van der Waals surface area contributed by atoms with Crippen LogP contribution in [0.25, 0.3) is 0 Å². The Morgan fingerprint density at radius 2 is 1.68 bits per heavy atom. The van der Waals surface area contributed by atoms with Gasteiger partial charge in [0.25, 0.3) is 0 Å². The van der Waals surface area contributed by atoms with Crippen molar-refractivity contribution in [2.45, 2.75) is 49.9 Å².